The maximum absolute atomic E-state index is 6.01. The maximum Gasteiger partial charge on any atom is 0.193 e. The van der Waals surface area contributed by atoms with Gasteiger partial charge in [-0.2, -0.15) is 0 Å². The summed E-state index contributed by atoms with van der Waals surface area (Å²) >= 11 is 0. The van der Waals surface area contributed by atoms with Crippen LogP contribution < -0.4 is 20.5 Å². The van der Waals surface area contributed by atoms with Crippen LogP contribution in [0.1, 0.15) is 19.3 Å². The molecule has 0 saturated carbocycles. The Balaban J connectivity index is 0.00000208. The van der Waals surface area contributed by atoms with Gasteiger partial charge >= 0.3 is 0 Å². The zero-order valence-electron chi connectivity index (χ0n) is 14.2. The van der Waals surface area contributed by atoms with E-state index < -0.39 is 0 Å². The van der Waals surface area contributed by atoms with Gasteiger partial charge in [0.05, 0.1) is 13.2 Å². The molecule has 1 fully saturated rings. The molecule has 1 aromatic carbocycles. The molecule has 6 nitrogen and oxygen atoms in total. The number of likely N-dealkylation sites (tertiary alicyclic amines) is 1. The summed E-state index contributed by atoms with van der Waals surface area (Å²) in [5.41, 5.74) is 6.89. The van der Waals surface area contributed by atoms with Gasteiger partial charge in [-0.1, -0.05) is 0 Å². The fraction of sp³-hybridized carbons (Fsp3) is 0.588. The summed E-state index contributed by atoms with van der Waals surface area (Å²) < 4.78 is 11.3. The summed E-state index contributed by atoms with van der Waals surface area (Å²) in [6.45, 7) is 4.46. The molecule has 1 saturated heterocycles. The van der Waals surface area contributed by atoms with E-state index in [2.05, 4.69) is 22.3 Å². The molecule has 0 bridgehead atoms. The van der Waals surface area contributed by atoms with Crippen LogP contribution in [0.3, 0.4) is 0 Å². The van der Waals surface area contributed by atoms with Crippen molar-refractivity contribution in [2.75, 3.05) is 45.2 Å². The van der Waals surface area contributed by atoms with Crippen LogP contribution in [-0.2, 0) is 0 Å². The van der Waals surface area contributed by atoms with Crippen molar-refractivity contribution in [3.05, 3.63) is 18.2 Å². The Kier molecular flexibility index (Phi) is 7.41. The second kappa shape index (κ2) is 9.31. The molecule has 3 N–H and O–H groups in total. The summed E-state index contributed by atoms with van der Waals surface area (Å²) in [7, 11) is 2.17. The molecule has 3 rings (SSSR count). The van der Waals surface area contributed by atoms with Crippen LogP contribution in [0.25, 0.3) is 0 Å². The predicted molar refractivity (Wildman–Crippen MR) is 108 cm³/mol. The van der Waals surface area contributed by atoms with E-state index in [0.29, 0.717) is 25.1 Å². The van der Waals surface area contributed by atoms with E-state index in [1.807, 2.05) is 18.2 Å². The third kappa shape index (κ3) is 5.41. The molecule has 0 atom stereocenters. The van der Waals surface area contributed by atoms with Crippen molar-refractivity contribution in [1.82, 2.24) is 4.90 Å². The van der Waals surface area contributed by atoms with E-state index in [9.17, 15) is 0 Å². The second-order valence-corrected chi connectivity index (χ2v) is 6.31. The van der Waals surface area contributed by atoms with Crippen LogP contribution >= 0.6 is 24.0 Å². The molecule has 0 spiro atoms. The van der Waals surface area contributed by atoms with E-state index in [-0.39, 0.29) is 24.0 Å². The van der Waals surface area contributed by atoms with Gasteiger partial charge in [0.2, 0.25) is 0 Å². The quantitative estimate of drug-likeness (QED) is 0.424. The number of nitrogens with zero attached hydrogens (tertiary/aromatic N) is 2. The van der Waals surface area contributed by atoms with E-state index in [4.69, 9.17) is 15.2 Å². The summed E-state index contributed by atoms with van der Waals surface area (Å²) in [5.74, 6) is 2.64. The second-order valence-electron chi connectivity index (χ2n) is 6.31. The number of nitrogens with one attached hydrogen (secondary N) is 1. The Labute approximate surface area is 160 Å². The first-order valence-electron chi connectivity index (χ1n) is 8.36. The first-order valence-corrected chi connectivity index (χ1v) is 8.36. The van der Waals surface area contributed by atoms with Gasteiger partial charge in [0.15, 0.2) is 17.5 Å². The van der Waals surface area contributed by atoms with Crippen LogP contribution in [0.15, 0.2) is 23.2 Å². The topological polar surface area (TPSA) is 72.1 Å². The summed E-state index contributed by atoms with van der Waals surface area (Å²) in [6, 6.07) is 5.76. The van der Waals surface area contributed by atoms with Crippen molar-refractivity contribution < 1.29 is 9.47 Å². The Morgan fingerprint density at radius 2 is 1.96 bits per heavy atom. The smallest absolute Gasteiger partial charge is 0.193 e. The molecule has 2 aliphatic heterocycles. The van der Waals surface area contributed by atoms with Crippen molar-refractivity contribution >= 4 is 35.6 Å². The summed E-state index contributed by atoms with van der Waals surface area (Å²) in [5, 5.41) is 3.14. The van der Waals surface area contributed by atoms with E-state index in [0.717, 1.165) is 43.2 Å². The van der Waals surface area contributed by atoms with Gasteiger partial charge in [0.25, 0.3) is 0 Å². The van der Waals surface area contributed by atoms with Gasteiger partial charge < -0.3 is 25.4 Å². The minimum atomic E-state index is 0. The van der Waals surface area contributed by atoms with Crippen molar-refractivity contribution in [1.29, 1.82) is 0 Å². The third-order valence-corrected chi connectivity index (χ3v) is 4.38. The Hall–Kier alpha value is -1.22. The highest BCUT2D eigenvalue weighted by Gasteiger charge is 2.16. The molecule has 2 heterocycles. The molecule has 0 unspecified atom stereocenters. The number of hydrogen-bond acceptors (Lipinski definition) is 4. The number of ether oxygens (including phenoxy) is 2. The zero-order chi connectivity index (χ0) is 16.1. The lowest BCUT2D eigenvalue weighted by Gasteiger charge is -2.27. The largest absolute Gasteiger partial charge is 0.490 e. The molecular weight excluding hydrogens is 419 g/mol. The van der Waals surface area contributed by atoms with Crippen LogP contribution in [0.5, 0.6) is 11.5 Å². The molecule has 0 amide bonds. The number of aliphatic imine (C=N–C) groups is 1. The highest BCUT2D eigenvalue weighted by Crippen LogP contribution is 2.32. The number of benzene rings is 1. The average molecular weight is 446 g/mol. The van der Waals surface area contributed by atoms with Crippen LogP contribution in [0.4, 0.5) is 5.69 Å². The minimum Gasteiger partial charge on any atom is -0.490 e. The molecule has 2 aliphatic rings. The van der Waals surface area contributed by atoms with Gasteiger partial charge in [-0.05, 0) is 51.0 Å². The zero-order valence-corrected chi connectivity index (χ0v) is 16.5. The van der Waals surface area contributed by atoms with Crippen molar-refractivity contribution in [2.24, 2.45) is 16.6 Å². The molecular formula is C17H27IN4O2. The lowest BCUT2D eigenvalue weighted by molar-refractivity contribution is 0.224. The highest BCUT2D eigenvalue weighted by molar-refractivity contribution is 14.0. The molecule has 0 aliphatic carbocycles. The van der Waals surface area contributed by atoms with Crippen LogP contribution in [-0.4, -0.2) is 50.8 Å². The minimum absolute atomic E-state index is 0. The normalized spacial score (nSPS) is 19.3. The van der Waals surface area contributed by atoms with Gasteiger partial charge in [0.1, 0.15) is 0 Å². The van der Waals surface area contributed by atoms with E-state index in [1.54, 1.807) is 0 Å². The molecule has 7 heteroatoms. The number of piperidine rings is 1. The Morgan fingerprint density at radius 3 is 2.71 bits per heavy atom. The molecule has 0 aromatic heterocycles. The average Bonchev–Trinajstić information content (AvgIpc) is 2.79. The lowest BCUT2D eigenvalue weighted by atomic mass is 9.97. The van der Waals surface area contributed by atoms with E-state index in [1.165, 1.54) is 12.8 Å². The van der Waals surface area contributed by atoms with Gasteiger partial charge in [-0.3, -0.25) is 4.99 Å². The van der Waals surface area contributed by atoms with Gasteiger partial charge in [0, 0.05) is 24.7 Å². The lowest BCUT2D eigenvalue weighted by Crippen LogP contribution is -2.32. The molecule has 0 radical (unpaired) electrons. The number of nitrogens with two attached hydrogens (primary N) is 1. The van der Waals surface area contributed by atoms with E-state index >= 15 is 0 Å². The number of guanidine groups is 1. The standard InChI is InChI=1S/C17H26N4O2.HI/c1-21-7-5-13(6-8-21)12-19-17(18)20-14-3-4-15-16(11-14)23-10-2-9-22-15;/h3-4,11,13H,2,5-10,12H2,1H3,(H3,18,19,20);1H. The molecule has 24 heavy (non-hydrogen) atoms. The maximum atomic E-state index is 6.01. The number of rotatable bonds is 3. The Morgan fingerprint density at radius 1 is 1.25 bits per heavy atom. The summed E-state index contributed by atoms with van der Waals surface area (Å²) in [6.07, 6.45) is 3.28. The third-order valence-electron chi connectivity index (χ3n) is 4.38. The van der Waals surface area contributed by atoms with Gasteiger partial charge in [-0.15, -0.1) is 24.0 Å². The van der Waals surface area contributed by atoms with Crippen LogP contribution in [0, 0.1) is 5.92 Å². The molecule has 134 valence electrons. The predicted octanol–water partition coefficient (Wildman–Crippen LogP) is 2.53. The first-order chi connectivity index (χ1) is 11.2. The number of fused-ring (bicyclic) bond motifs is 1. The number of hydrogen-bond donors (Lipinski definition) is 2. The fourth-order valence-electron chi connectivity index (χ4n) is 2.90. The SMILES string of the molecule is CN1CCC(CN=C(N)Nc2ccc3c(c2)OCCCO3)CC1.I. The first kappa shape index (κ1) is 19.1. The monoisotopic (exact) mass is 446 g/mol. The van der Waals surface area contributed by atoms with Gasteiger partial charge in [-0.25, -0.2) is 0 Å². The van der Waals surface area contributed by atoms with Crippen molar-refractivity contribution in [3.63, 3.8) is 0 Å². The number of anilines is 1. The van der Waals surface area contributed by atoms with Crippen molar-refractivity contribution in [3.8, 4) is 11.5 Å². The van der Waals surface area contributed by atoms with Crippen molar-refractivity contribution in [2.45, 2.75) is 19.3 Å². The fourth-order valence-corrected chi connectivity index (χ4v) is 2.90. The van der Waals surface area contributed by atoms with Crippen LogP contribution in [0.2, 0.25) is 0 Å². The Bertz CT molecular complexity index is 560. The molecule has 1 aromatic rings. The highest BCUT2D eigenvalue weighted by atomic mass is 127. The number of halogens is 1. The summed E-state index contributed by atoms with van der Waals surface area (Å²) in [4.78, 5) is 6.85.